The zero-order valence-electron chi connectivity index (χ0n) is 13.4. The first-order valence-electron chi connectivity index (χ1n) is 7.40. The average Bonchev–Trinajstić information content (AvgIpc) is 2.57. The molecule has 0 saturated heterocycles. The van der Waals surface area contributed by atoms with Crippen LogP contribution in [-0.2, 0) is 20.9 Å². The van der Waals surface area contributed by atoms with Gasteiger partial charge in [0.05, 0.1) is 12.2 Å². The lowest BCUT2D eigenvalue weighted by molar-refractivity contribution is -0.153. The molecule has 0 bridgehead atoms. The Morgan fingerprint density at radius 2 is 1.92 bits per heavy atom. The SMILES string of the molecule is CC(=O)N1C[C@@H](C(=O)OCc2nc(N)nc(N)n2)Oc2ccccc21. The van der Waals surface area contributed by atoms with E-state index in [-0.39, 0.29) is 36.8 Å². The van der Waals surface area contributed by atoms with E-state index in [2.05, 4.69) is 15.0 Å². The standard InChI is InChI=1S/C15H16N6O4/c1-8(22)21-6-11(25-10-5-3-2-4-9(10)21)13(23)24-7-12-18-14(16)20-15(17)19-12/h2-5,11H,6-7H2,1H3,(H4,16,17,18,19,20)/t11-/m0/s1. The van der Waals surface area contributed by atoms with Gasteiger partial charge < -0.3 is 25.8 Å². The first-order valence-corrected chi connectivity index (χ1v) is 7.40. The molecular weight excluding hydrogens is 328 g/mol. The van der Waals surface area contributed by atoms with Crippen molar-refractivity contribution >= 4 is 29.5 Å². The maximum atomic E-state index is 12.3. The van der Waals surface area contributed by atoms with Crippen LogP contribution in [0.2, 0.25) is 0 Å². The van der Waals surface area contributed by atoms with Crippen molar-refractivity contribution in [1.29, 1.82) is 0 Å². The molecule has 0 unspecified atom stereocenters. The third-order valence-electron chi connectivity index (χ3n) is 3.48. The van der Waals surface area contributed by atoms with Gasteiger partial charge in [-0.15, -0.1) is 0 Å². The van der Waals surface area contributed by atoms with E-state index in [1.54, 1.807) is 24.3 Å². The van der Waals surface area contributed by atoms with E-state index in [4.69, 9.17) is 20.9 Å². The number of ether oxygens (including phenoxy) is 2. The van der Waals surface area contributed by atoms with E-state index in [0.717, 1.165) is 0 Å². The van der Waals surface area contributed by atoms with Crippen LogP contribution >= 0.6 is 0 Å². The van der Waals surface area contributed by atoms with Crippen LogP contribution in [0.4, 0.5) is 17.6 Å². The van der Waals surface area contributed by atoms with E-state index < -0.39 is 12.1 Å². The summed E-state index contributed by atoms with van der Waals surface area (Å²) in [6, 6.07) is 6.96. The van der Waals surface area contributed by atoms with Crippen LogP contribution in [0.15, 0.2) is 24.3 Å². The summed E-state index contributed by atoms with van der Waals surface area (Å²) in [5, 5.41) is 0. The molecule has 2 aromatic rings. The highest BCUT2D eigenvalue weighted by molar-refractivity contribution is 5.95. The number of nitrogens with zero attached hydrogens (tertiary/aromatic N) is 4. The molecule has 2 heterocycles. The fourth-order valence-corrected chi connectivity index (χ4v) is 2.41. The molecule has 10 nitrogen and oxygen atoms in total. The lowest BCUT2D eigenvalue weighted by Gasteiger charge is -2.33. The second-order valence-corrected chi connectivity index (χ2v) is 5.28. The number of anilines is 3. The molecule has 4 N–H and O–H groups in total. The van der Waals surface area contributed by atoms with E-state index >= 15 is 0 Å². The summed E-state index contributed by atoms with van der Waals surface area (Å²) in [4.78, 5) is 36.9. The number of esters is 1. The molecule has 0 saturated carbocycles. The molecule has 130 valence electrons. The number of para-hydroxylation sites is 2. The zero-order chi connectivity index (χ0) is 18.0. The van der Waals surface area contributed by atoms with Crippen LogP contribution in [-0.4, -0.2) is 39.5 Å². The number of rotatable bonds is 3. The van der Waals surface area contributed by atoms with E-state index in [1.165, 1.54) is 11.8 Å². The number of amides is 1. The van der Waals surface area contributed by atoms with Gasteiger partial charge in [-0.2, -0.15) is 15.0 Å². The zero-order valence-corrected chi connectivity index (χ0v) is 13.4. The fraction of sp³-hybridized carbons (Fsp3) is 0.267. The third-order valence-corrected chi connectivity index (χ3v) is 3.48. The Balaban J connectivity index is 1.71. The lowest BCUT2D eigenvalue weighted by Crippen LogP contribution is -2.47. The molecule has 3 rings (SSSR count). The van der Waals surface area contributed by atoms with Crippen LogP contribution in [0.5, 0.6) is 5.75 Å². The van der Waals surface area contributed by atoms with Crippen molar-refractivity contribution in [3.05, 3.63) is 30.1 Å². The van der Waals surface area contributed by atoms with Crippen LogP contribution in [0.3, 0.4) is 0 Å². The minimum Gasteiger partial charge on any atom is -0.475 e. The predicted octanol–water partition coefficient (Wildman–Crippen LogP) is -0.107. The Morgan fingerprint density at radius 3 is 2.60 bits per heavy atom. The molecular formula is C15H16N6O4. The third kappa shape index (κ3) is 3.57. The minimum atomic E-state index is -0.963. The second-order valence-electron chi connectivity index (χ2n) is 5.28. The van der Waals surface area contributed by atoms with E-state index in [0.29, 0.717) is 11.4 Å². The summed E-state index contributed by atoms with van der Waals surface area (Å²) in [6.07, 6.45) is -0.963. The Bertz CT molecular complexity index is 807. The Kier molecular flexibility index (Phi) is 4.33. The molecule has 1 amide bonds. The van der Waals surface area contributed by atoms with Gasteiger partial charge in [0, 0.05) is 6.92 Å². The molecule has 1 aliphatic rings. The van der Waals surface area contributed by atoms with Crippen molar-refractivity contribution in [2.45, 2.75) is 19.6 Å². The fourth-order valence-electron chi connectivity index (χ4n) is 2.41. The van der Waals surface area contributed by atoms with Gasteiger partial charge in [-0.3, -0.25) is 4.79 Å². The first-order chi connectivity index (χ1) is 11.9. The molecule has 10 heteroatoms. The van der Waals surface area contributed by atoms with Gasteiger partial charge in [0.2, 0.25) is 23.9 Å². The molecule has 0 aliphatic carbocycles. The summed E-state index contributed by atoms with van der Waals surface area (Å²) in [6.45, 7) is 1.23. The second kappa shape index (κ2) is 6.59. The smallest absolute Gasteiger partial charge is 0.349 e. The summed E-state index contributed by atoms with van der Waals surface area (Å²) < 4.78 is 10.8. The monoisotopic (exact) mass is 344 g/mol. The molecule has 1 atom stereocenters. The molecule has 1 aliphatic heterocycles. The number of hydrogen-bond acceptors (Lipinski definition) is 9. The van der Waals surface area contributed by atoms with Crippen molar-refractivity contribution in [2.24, 2.45) is 0 Å². The van der Waals surface area contributed by atoms with Gasteiger partial charge in [0.1, 0.15) is 5.75 Å². The van der Waals surface area contributed by atoms with E-state index in [1.807, 2.05) is 0 Å². The predicted molar refractivity (Wildman–Crippen MR) is 87.3 cm³/mol. The number of hydrogen-bond donors (Lipinski definition) is 2. The van der Waals surface area contributed by atoms with Crippen LogP contribution in [0.25, 0.3) is 0 Å². The van der Waals surface area contributed by atoms with Gasteiger partial charge in [0.15, 0.2) is 12.4 Å². The van der Waals surface area contributed by atoms with Crippen LogP contribution in [0.1, 0.15) is 12.7 Å². The number of fused-ring (bicyclic) bond motifs is 1. The molecule has 0 spiro atoms. The molecule has 0 radical (unpaired) electrons. The quantitative estimate of drug-likeness (QED) is 0.728. The Hall–Kier alpha value is -3.43. The lowest BCUT2D eigenvalue weighted by atomic mass is 10.2. The normalized spacial score (nSPS) is 15.9. The largest absolute Gasteiger partial charge is 0.475 e. The van der Waals surface area contributed by atoms with Crippen molar-refractivity contribution in [3.63, 3.8) is 0 Å². The van der Waals surface area contributed by atoms with Gasteiger partial charge in [-0.25, -0.2) is 4.79 Å². The number of benzene rings is 1. The molecule has 1 aromatic heterocycles. The maximum Gasteiger partial charge on any atom is 0.349 e. The topological polar surface area (TPSA) is 147 Å². The highest BCUT2D eigenvalue weighted by atomic mass is 16.6. The number of aromatic nitrogens is 3. The van der Waals surface area contributed by atoms with Crippen molar-refractivity contribution < 1.29 is 19.1 Å². The number of nitrogen functional groups attached to an aromatic ring is 2. The molecule has 0 fully saturated rings. The Labute approximate surface area is 142 Å². The summed E-state index contributed by atoms with van der Waals surface area (Å²) >= 11 is 0. The minimum absolute atomic E-state index is 0.0483. The molecule has 1 aromatic carbocycles. The van der Waals surface area contributed by atoms with Gasteiger partial charge in [0.25, 0.3) is 0 Å². The van der Waals surface area contributed by atoms with Crippen LogP contribution < -0.4 is 21.1 Å². The Morgan fingerprint density at radius 1 is 1.24 bits per heavy atom. The maximum absolute atomic E-state index is 12.3. The van der Waals surface area contributed by atoms with Gasteiger partial charge in [-0.1, -0.05) is 12.1 Å². The summed E-state index contributed by atoms with van der Waals surface area (Å²) in [5.41, 5.74) is 11.5. The van der Waals surface area contributed by atoms with Gasteiger partial charge >= 0.3 is 5.97 Å². The highest BCUT2D eigenvalue weighted by Crippen LogP contribution is 2.33. The summed E-state index contributed by atoms with van der Waals surface area (Å²) in [5.74, 6) is -0.435. The van der Waals surface area contributed by atoms with Crippen molar-refractivity contribution in [2.75, 3.05) is 22.9 Å². The summed E-state index contributed by atoms with van der Waals surface area (Å²) in [7, 11) is 0. The average molecular weight is 344 g/mol. The van der Waals surface area contributed by atoms with Crippen molar-refractivity contribution in [3.8, 4) is 5.75 Å². The number of carbonyl (C=O) groups is 2. The molecule has 25 heavy (non-hydrogen) atoms. The first kappa shape index (κ1) is 16.4. The van der Waals surface area contributed by atoms with E-state index in [9.17, 15) is 9.59 Å². The highest BCUT2D eigenvalue weighted by Gasteiger charge is 2.33. The van der Waals surface area contributed by atoms with Crippen LogP contribution in [0, 0.1) is 0 Å². The van der Waals surface area contributed by atoms with Gasteiger partial charge in [-0.05, 0) is 12.1 Å². The number of carbonyl (C=O) groups excluding carboxylic acids is 2. The number of nitrogens with two attached hydrogens (primary N) is 2. The van der Waals surface area contributed by atoms with Crippen molar-refractivity contribution in [1.82, 2.24) is 15.0 Å².